The summed E-state index contributed by atoms with van der Waals surface area (Å²) < 4.78 is 0. The molecule has 0 spiro atoms. The Kier molecular flexibility index (Phi) is 33.6. The second-order valence-electron chi connectivity index (χ2n) is 13.3. The predicted octanol–water partition coefficient (Wildman–Crippen LogP) is 12.9. The molecule has 2 unspecified atom stereocenters. The van der Waals surface area contributed by atoms with Gasteiger partial charge in [0.1, 0.15) is 0 Å². The van der Waals surface area contributed by atoms with Crippen LogP contribution in [0, 0.1) is 11.3 Å². The van der Waals surface area contributed by atoms with Gasteiger partial charge in [0.2, 0.25) is 0 Å². The fourth-order valence-corrected chi connectivity index (χ4v) is 7.00. The molecule has 0 aromatic carbocycles. The molecular weight excluding hydrogens is 502 g/mol. The van der Waals surface area contributed by atoms with E-state index >= 15 is 0 Å². The van der Waals surface area contributed by atoms with Crippen molar-refractivity contribution in [1.29, 1.82) is 0 Å². The summed E-state index contributed by atoms with van der Waals surface area (Å²) in [7, 11) is 0. The van der Waals surface area contributed by atoms with Gasteiger partial charge in [0.25, 0.3) is 0 Å². The van der Waals surface area contributed by atoms with Crippen molar-refractivity contribution >= 4 is 5.97 Å². The topological polar surface area (TPSA) is 76.6 Å². The molecule has 0 amide bonds. The zero-order chi connectivity index (χ0) is 29.6. The van der Waals surface area contributed by atoms with Crippen molar-refractivity contribution in [2.45, 2.75) is 227 Å². The molecule has 0 saturated carbocycles. The Morgan fingerprint density at radius 3 is 1.05 bits per heavy atom. The lowest BCUT2D eigenvalue weighted by Crippen LogP contribution is -2.47. The van der Waals surface area contributed by atoms with Gasteiger partial charge in [-0.1, -0.05) is 207 Å². The third kappa shape index (κ3) is 23.6. The Labute approximate surface area is 259 Å². The van der Waals surface area contributed by atoms with Crippen LogP contribution in [0.4, 0.5) is 0 Å². The molecule has 0 aliphatic rings. The molecule has 0 heterocycles. The van der Waals surface area contributed by atoms with Gasteiger partial charge in [0.05, 0.1) is 0 Å². The van der Waals surface area contributed by atoms with Crippen LogP contribution in [0.15, 0.2) is 0 Å². The molecule has 0 aliphatic heterocycles. The third-order valence-corrected chi connectivity index (χ3v) is 9.94. The standard InChI is InChI=1S/C38H76O2.H3N/c1-5-9-11-13-15-17-19-21-23-25-27-29-31-33-35-38(8-4,37(39)40)36(7-3)34-32-30-28-26-24-22-20-18-16-14-12-10-6-2;/h36H,5-35H2,1-4H3,(H,39,40);1H3. The molecule has 0 saturated heterocycles. The van der Waals surface area contributed by atoms with Crippen LogP contribution in [0.25, 0.3) is 0 Å². The van der Waals surface area contributed by atoms with Gasteiger partial charge < -0.3 is 16.1 Å². The number of aliphatic carboxylic acids is 1. The second kappa shape index (κ2) is 32.3. The quantitative estimate of drug-likeness (QED) is 0.0782. The minimum Gasteiger partial charge on any atom is -0.550 e. The summed E-state index contributed by atoms with van der Waals surface area (Å²) in [6.45, 7) is 8.86. The van der Waals surface area contributed by atoms with E-state index in [-0.39, 0.29) is 12.1 Å². The minimum absolute atomic E-state index is 0. The van der Waals surface area contributed by atoms with Crippen molar-refractivity contribution in [3.63, 3.8) is 0 Å². The summed E-state index contributed by atoms with van der Waals surface area (Å²) in [4.78, 5) is 12.4. The number of quaternary nitrogens is 1. The Morgan fingerprint density at radius 2 is 0.780 bits per heavy atom. The van der Waals surface area contributed by atoms with Crippen LogP contribution in [0.1, 0.15) is 227 Å². The van der Waals surface area contributed by atoms with Gasteiger partial charge in [0.15, 0.2) is 0 Å². The number of rotatable bonds is 33. The first kappa shape index (κ1) is 42.6. The first-order valence-electron chi connectivity index (χ1n) is 18.8. The minimum atomic E-state index is -0.772. The molecule has 0 aromatic rings. The summed E-state index contributed by atoms with van der Waals surface area (Å²) in [5.74, 6) is -0.497. The molecule has 4 N–H and O–H groups in total. The molecule has 0 fully saturated rings. The maximum absolute atomic E-state index is 12.4. The summed E-state index contributed by atoms with van der Waals surface area (Å²) in [6, 6.07) is 0. The van der Waals surface area contributed by atoms with E-state index in [9.17, 15) is 9.90 Å². The largest absolute Gasteiger partial charge is 0.550 e. The highest BCUT2D eigenvalue weighted by molar-refractivity contribution is 5.72. The lowest BCUT2D eigenvalue weighted by molar-refractivity contribution is -0.323. The van der Waals surface area contributed by atoms with E-state index in [0.29, 0.717) is 0 Å². The monoisotopic (exact) mass is 582 g/mol. The Morgan fingerprint density at radius 1 is 0.488 bits per heavy atom. The average Bonchev–Trinajstić information content (AvgIpc) is 2.96. The molecule has 41 heavy (non-hydrogen) atoms. The molecule has 0 aromatic heterocycles. The average molecular weight is 582 g/mol. The second-order valence-corrected chi connectivity index (χ2v) is 13.3. The number of carboxylic acid groups (broad SMARTS) is 1. The van der Waals surface area contributed by atoms with Gasteiger partial charge in [-0.3, -0.25) is 0 Å². The summed E-state index contributed by atoms with van der Waals surface area (Å²) in [5, 5.41) is 12.4. The number of carbonyl (C=O) groups is 1. The maximum Gasteiger partial charge on any atom is 0.0478 e. The SMILES string of the molecule is CCCCCCCCCCCCCCCCC(CC)(C(=O)[O-])C(CC)CCCCCCCCCCCCCCC.[NH4+]. The van der Waals surface area contributed by atoms with E-state index in [0.717, 1.165) is 32.1 Å². The summed E-state index contributed by atoms with van der Waals surface area (Å²) in [5.41, 5.74) is -0.608. The zero-order valence-electron chi connectivity index (χ0n) is 29.3. The third-order valence-electron chi connectivity index (χ3n) is 9.94. The molecule has 248 valence electrons. The van der Waals surface area contributed by atoms with Crippen LogP contribution >= 0.6 is 0 Å². The maximum atomic E-state index is 12.4. The lowest BCUT2D eigenvalue weighted by Gasteiger charge is -2.41. The van der Waals surface area contributed by atoms with Gasteiger partial charge in [-0.05, 0) is 25.2 Å². The number of hydrogen-bond acceptors (Lipinski definition) is 2. The van der Waals surface area contributed by atoms with E-state index in [1.165, 1.54) is 167 Å². The fraction of sp³-hybridized carbons (Fsp3) is 0.974. The smallest absolute Gasteiger partial charge is 0.0478 e. The molecule has 0 aliphatic carbocycles. The van der Waals surface area contributed by atoms with E-state index in [4.69, 9.17) is 0 Å². The first-order valence-corrected chi connectivity index (χ1v) is 18.8. The van der Waals surface area contributed by atoms with E-state index in [2.05, 4.69) is 27.7 Å². The van der Waals surface area contributed by atoms with E-state index in [1.807, 2.05) is 0 Å². The fourth-order valence-electron chi connectivity index (χ4n) is 7.00. The molecule has 3 nitrogen and oxygen atoms in total. The van der Waals surface area contributed by atoms with Gasteiger partial charge in [-0.2, -0.15) is 0 Å². The Balaban J connectivity index is 0. The van der Waals surface area contributed by atoms with Gasteiger partial charge in [-0.25, -0.2) is 0 Å². The molecule has 2 atom stereocenters. The van der Waals surface area contributed by atoms with Crippen molar-refractivity contribution in [2.75, 3.05) is 0 Å². The number of carboxylic acids is 1. The molecule has 3 heteroatoms. The molecule has 0 rings (SSSR count). The van der Waals surface area contributed by atoms with Crippen LogP contribution in [-0.2, 0) is 4.79 Å². The Bertz CT molecular complexity index is 522. The molecule has 0 radical (unpaired) electrons. The van der Waals surface area contributed by atoms with Crippen LogP contribution in [0.2, 0.25) is 0 Å². The van der Waals surface area contributed by atoms with E-state index < -0.39 is 11.4 Å². The van der Waals surface area contributed by atoms with Crippen molar-refractivity contribution < 1.29 is 9.90 Å². The van der Waals surface area contributed by atoms with Crippen molar-refractivity contribution in [3.05, 3.63) is 0 Å². The molecular formula is C38H79NO2. The number of carbonyl (C=O) groups excluding carboxylic acids is 1. The van der Waals surface area contributed by atoms with Gasteiger partial charge in [0, 0.05) is 11.4 Å². The highest BCUT2D eigenvalue weighted by Gasteiger charge is 2.36. The van der Waals surface area contributed by atoms with Crippen LogP contribution in [0.3, 0.4) is 0 Å². The Hall–Kier alpha value is -0.570. The summed E-state index contributed by atoms with van der Waals surface area (Å²) >= 11 is 0. The van der Waals surface area contributed by atoms with Crippen molar-refractivity contribution in [1.82, 2.24) is 6.15 Å². The lowest BCUT2D eigenvalue weighted by atomic mass is 9.67. The molecule has 0 bridgehead atoms. The normalized spacial score (nSPS) is 13.6. The first-order chi connectivity index (χ1) is 19.6. The zero-order valence-corrected chi connectivity index (χ0v) is 29.3. The number of unbranched alkanes of at least 4 members (excludes halogenated alkanes) is 25. The van der Waals surface area contributed by atoms with Crippen LogP contribution < -0.4 is 11.3 Å². The highest BCUT2D eigenvalue weighted by atomic mass is 16.4. The van der Waals surface area contributed by atoms with Gasteiger partial charge >= 0.3 is 0 Å². The summed E-state index contributed by atoms with van der Waals surface area (Å²) in [6.07, 6.45) is 40.1. The number of hydrogen-bond donors (Lipinski definition) is 1. The van der Waals surface area contributed by atoms with Crippen molar-refractivity contribution in [2.24, 2.45) is 11.3 Å². The van der Waals surface area contributed by atoms with Crippen LogP contribution in [0.5, 0.6) is 0 Å². The predicted molar refractivity (Wildman–Crippen MR) is 183 cm³/mol. The van der Waals surface area contributed by atoms with E-state index in [1.54, 1.807) is 0 Å². The van der Waals surface area contributed by atoms with Gasteiger partial charge in [-0.15, -0.1) is 0 Å². The highest BCUT2D eigenvalue weighted by Crippen LogP contribution is 2.41. The van der Waals surface area contributed by atoms with Crippen molar-refractivity contribution in [3.8, 4) is 0 Å². The van der Waals surface area contributed by atoms with Crippen LogP contribution in [-0.4, -0.2) is 5.97 Å².